The highest BCUT2D eigenvalue weighted by Crippen LogP contribution is 2.27. The van der Waals surface area contributed by atoms with E-state index in [4.69, 9.17) is 0 Å². The topological polar surface area (TPSA) is 95.9 Å². The van der Waals surface area contributed by atoms with Crippen molar-refractivity contribution in [3.63, 3.8) is 0 Å². The molecule has 0 atom stereocenters. The van der Waals surface area contributed by atoms with E-state index in [9.17, 15) is 4.79 Å². The molecule has 9 heteroatoms. The molecule has 1 aliphatic heterocycles. The summed E-state index contributed by atoms with van der Waals surface area (Å²) in [5.74, 6) is 1.38. The normalized spacial score (nSPS) is 13.7. The number of fused-ring (bicyclic) bond motifs is 1. The highest BCUT2D eigenvalue weighted by atomic mass is 32.1. The Morgan fingerprint density at radius 2 is 1.84 bits per heavy atom. The molecule has 4 heterocycles. The fourth-order valence-electron chi connectivity index (χ4n) is 4.41. The van der Waals surface area contributed by atoms with Crippen molar-refractivity contribution in [3.8, 4) is 11.3 Å². The summed E-state index contributed by atoms with van der Waals surface area (Å²) in [7, 11) is 2.13. The summed E-state index contributed by atoms with van der Waals surface area (Å²) >= 11 is 1.45. The summed E-state index contributed by atoms with van der Waals surface area (Å²) in [5, 5.41) is 7.32. The molecule has 2 N–H and O–H groups in total. The first-order valence-corrected chi connectivity index (χ1v) is 13.6. The molecule has 0 radical (unpaired) electrons. The van der Waals surface area contributed by atoms with Crippen LogP contribution in [-0.4, -0.2) is 44.3 Å². The van der Waals surface area contributed by atoms with Gasteiger partial charge in [0.05, 0.1) is 16.9 Å². The van der Waals surface area contributed by atoms with E-state index in [1.54, 1.807) is 12.5 Å². The lowest BCUT2D eigenvalue weighted by Gasteiger charge is -2.24. The number of thiazole rings is 1. The van der Waals surface area contributed by atoms with E-state index in [0.29, 0.717) is 17.2 Å². The SMILES string of the molecule is Cc1cc(-c2cc(Nc3cc4c(cn3)CN(C)CC4)ncn2)ccc1CNC(=O)c1cnc(C(C)(C)C)s1. The Kier molecular flexibility index (Phi) is 7.23. The van der Waals surface area contributed by atoms with Crippen LogP contribution in [0.2, 0.25) is 0 Å². The molecule has 196 valence electrons. The largest absolute Gasteiger partial charge is 0.347 e. The second kappa shape index (κ2) is 10.6. The van der Waals surface area contributed by atoms with Crippen LogP contribution >= 0.6 is 11.3 Å². The van der Waals surface area contributed by atoms with Gasteiger partial charge in [0.2, 0.25) is 0 Å². The molecule has 8 nitrogen and oxygen atoms in total. The molecule has 5 rings (SSSR count). The minimum atomic E-state index is -0.101. The Balaban J connectivity index is 1.25. The van der Waals surface area contributed by atoms with Gasteiger partial charge in [-0.1, -0.05) is 32.9 Å². The summed E-state index contributed by atoms with van der Waals surface area (Å²) in [5.41, 5.74) is 6.48. The highest BCUT2D eigenvalue weighted by molar-refractivity contribution is 7.13. The van der Waals surface area contributed by atoms with Crippen LogP contribution in [0.4, 0.5) is 11.6 Å². The molecular formula is C29H33N7OS. The van der Waals surface area contributed by atoms with E-state index in [0.717, 1.165) is 52.7 Å². The second-order valence-electron chi connectivity index (χ2n) is 10.8. The number of nitrogens with one attached hydrogen (secondary N) is 2. The van der Waals surface area contributed by atoms with E-state index in [2.05, 4.69) is 75.4 Å². The lowest BCUT2D eigenvalue weighted by atomic mass is 9.98. The molecule has 0 saturated heterocycles. The molecule has 0 unspecified atom stereocenters. The number of nitrogens with zero attached hydrogens (tertiary/aromatic N) is 5. The molecule has 0 spiro atoms. The first kappa shape index (κ1) is 25.9. The number of likely N-dealkylation sites (N-methyl/N-ethyl adjacent to an activating group) is 1. The molecular weight excluding hydrogens is 494 g/mol. The van der Waals surface area contributed by atoms with Crippen molar-refractivity contribution in [2.24, 2.45) is 0 Å². The van der Waals surface area contributed by atoms with Crippen molar-refractivity contribution in [2.75, 3.05) is 18.9 Å². The van der Waals surface area contributed by atoms with Gasteiger partial charge in [-0.25, -0.2) is 19.9 Å². The number of hydrogen-bond acceptors (Lipinski definition) is 8. The first-order chi connectivity index (χ1) is 18.2. The van der Waals surface area contributed by atoms with Crippen molar-refractivity contribution in [1.82, 2.24) is 30.2 Å². The van der Waals surface area contributed by atoms with E-state index in [1.165, 1.54) is 22.5 Å². The number of aromatic nitrogens is 4. The Morgan fingerprint density at radius 1 is 1.03 bits per heavy atom. The van der Waals surface area contributed by atoms with Crippen molar-refractivity contribution in [2.45, 2.75) is 52.6 Å². The van der Waals surface area contributed by atoms with Gasteiger partial charge in [-0.2, -0.15) is 0 Å². The third kappa shape index (κ3) is 5.89. The van der Waals surface area contributed by atoms with Gasteiger partial charge in [-0.3, -0.25) is 4.79 Å². The number of pyridine rings is 1. The maximum Gasteiger partial charge on any atom is 0.263 e. The van der Waals surface area contributed by atoms with E-state index >= 15 is 0 Å². The van der Waals surface area contributed by atoms with Crippen molar-refractivity contribution in [3.05, 3.63) is 81.2 Å². The van der Waals surface area contributed by atoms with E-state index in [-0.39, 0.29) is 11.3 Å². The molecule has 38 heavy (non-hydrogen) atoms. The second-order valence-corrected chi connectivity index (χ2v) is 11.9. The third-order valence-electron chi connectivity index (χ3n) is 6.66. The zero-order chi connectivity index (χ0) is 26.9. The number of carbonyl (C=O) groups excluding carboxylic acids is 1. The molecule has 1 aromatic carbocycles. The van der Waals surface area contributed by atoms with Crippen molar-refractivity contribution >= 4 is 28.9 Å². The minimum Gasteiger partial charge on any atom is -0.347 e. The van der Waals surface area contributed by atoms with Gasteiger partial charge in [0.25, 0.3) is 5.91 Å². The standard InChI is InChI=1S/C29H33N7OS/c1-18-10-20(6-7-21(18)13-31-27(37)24-15-32-28(38-24)29(2,3)4)23-12-26(34-17-33-23)35-25-11-19-8-9-36(5)16-22(19)14-30-25/h6-7,10-12,14-15,17H,8-9,13,16H2,1-5H3,(H,31,37)(H,30,33,34,35). The van der Waals surface area contributed by atoms with Gasteiger partial charge < -0.3 is 15.5 Å². The molecule has 0 fully saturated rings. The number of aryl methyl sites for hydroxylation is 1. The predicted molar refractivity (Wildman–Crippen MR) is 152 cm³/mol. The fourth-order valence-corrected chi connectivity index (χ4v) is 5.30. The number of benzene rings is 1. The van der Waals surface area contributed by atoms with Crippen LogP contribution < -0.4 is 10.6 Å². The van der Waals surface area contributed by atoms with Gasteiger partial charge in [0.15, 0.2) is 0 Å². The molecule has 1 aliphatic rings. The number of hydrogen-bond donors (Lipinski definition) is 2. The summed E-state index contributed by atoms with van der Waals surface area (Å²) in [6.45, 7) is 10.8. The Morgan fingerprint density at radius 3 is 2.61 bits per heavy atom. The third-order valence-corrected chi connectivity index (χ3v) is 8.08. The van der Waals surface area contributed by atoms with Crippen LogP contribution in [0.1, 0.15) is 57.7 Å². The Bertz CT molecular complexity index is 1470. The van der Waals surface area contributed by atoms with Gasteiger partial charge in [0, 0.05) is 42.9 Å². The molecule has 0 bridgehead atoms. The lowest BCUT2D eigenvalue weighted by Crippen LogP contribution is -2.26. The monoisotopic (exact) mass is 527 g/mol. The van der Waals surface area contributed by atoms with Crippen molar-refractivity contribution in [1.29, 1.82) is 0 Å². The lowest BCUT2D eigenvalue weighted by molar-refractivity contribution is 0.0954. The van der Waals surface area contributed by atoms with Gasteiger partial charge in [-0.15, -0.1) is 11.3 Å². The molecule has 0 saturated carbocycles. The maximum atomic E-state index is 12.7. The van der Waals surface area contributed by atoms with Gasteiger partial charge in [0.1, 0.15) is 22.8 Å². The molecule has 4 aromatic rings. The molecule has 1 amide bonds. The summed E-state index contributed by atoms with van der Waals surface area (Å²) in [6.07, 6.45) is 6.20. The molecule has 3 aromatic heterocycles. The number of amides is 1. The average molecular weight is 528 g/mol. The zero-order valence-corrected chi connectivity index (χ0v) is 23.3. The quantitative estimate of drug-likeness (QED) is 0.353. The smallest absolute Gasteiger partial charge is 0.263 e. The maximum absolute atomic E-state index is 12.7. The molecule has 0 aliphatic carbocycles. The van der Waals surface area contributed by atoms with Crippen LogP contribution in [0, 0.1) is 6.92 Å². The van der Waals surface area contributed by atoms with Crippen LogP contribution in [0.25, 0.3) is 11.3 Å². The Labute approximate surface area is 227 Å². The first-order valence-electron chi connectivity index (χ1n) is 12.8. The van der Waals surface area contributed by atoms with Crippen molar-refractivity contribution < 1.29 is 4.79 Å². The highest BCUT2D eigenvalue weighted by Gasteiger charge is 2.20. The summed E-state index contributed by atoms with van der Waals surface area (Å²) in [4.78, 5) is 33.5. The zero-order valence-electron chi connectivity index (χ0n) is 22.5. The van der Waals surface area contributed by atoms with Gasteiger partial charge in [-0.05, 0) is 54.8 Å². The van der Waals surface area contributed by atoms with Crippen LogP contribution in [0.5, 0.6) is 0 Å². The van der Waals surface area contributed by atoms with Crippen LogP contribution in [0.3, 0.4) is 0 Å². The number of anilines is 2. The van der Waals surface area contributed by atoms with Gasteiger partial charge >= 0.3 is 0 Å². The minimum absolute atomic E-state index is 0.0691. The van der Waals surface area contributed by atoms with Crippen LogP contribution in [-0.2, 0) is 24.9 Å². The predicted octanol–water partition coefficient (Wildman–Crippen LogP) is 5.26. The number of carbonyl (C=O) groups is 1. The summed E-state index contributed by atoms with van der Waals surface area (Å²) < 4.78 is 0. The summed E-state index contributed by atoms with van der Waals surface area (Å²) in [6, 6.07) is 10.2. The number of rotatable bonds is 6. The fraction of sp³-hybridized carbons (Fsp3) is 0.345. The average Bonchev–Trinajstić information content (AvgIpc) is 3.39. The van der Waals surface area contributed by atoms with Crippen LogP contribution in [0.15, 0.2) is 49.1 Å². The van der Waals surface area contributed by atoms with E-state index < -0.39 is 0 Å². The Hall–Kier alpha value is -3.69. The van der Waals surface area contributed by atoms with E-state index in [1.807, 2.05) is 31.3 Å².